The first-order chi connectivity index (χ1) is 34.4. The number of nitrogens with zero attached hydrogens (tertiary/aromatic N) is 6. The largest absolute Gasteiger partial charge is 0.392 e. The highest BCUT2D eigenvalue weighted by Gasteiger charge is 2.36. The average molecular weight is 1170 g/mol. The van der Waals surface area contributed by atoms with Gasteiger partial charge in [0.05, 0.1) is 52.1 Å². The molecule has 3 aliphatic rings. The Bertz CT molecular complexity index is 3130. The molecule has 5 aromatic rings. The lowest BCUT2D eigenvalue weighted by Crippen LogP contribution is -2.31. The highest BCUT2D eigenvalue weighted by molar-refractivity contribution is 8.13. The van der Waals surface area contributed by atoms with Crippen molar-refractivity contribution in [1.82, 2.24) is 32.4 Å². The summed E-state index contributed by atoms with van der Waals surface area (Å²) < 4.78 is 128. The molecule has 5 heterocycles. The smallest absolute Gasteiger partial charge is 0.264 e. The molecule has 3 aliphatic heterocycles. The van der Waals surface area contributed by atoms with Crippen molar-refractivity contribution in [3.63, 3.8) is 0 Å². The molecular weight excluding hydrogens is 1100 g/mol. The first kappa shape index (κ1) is 66.3. The van der Waals surface area contributed by atoms with Crippen LogP contribution in [0.5, 0.6) is 0 Å². The van der Waals surface area contributed by atoms with Gasteiger partial charge in [0.2, 0.25) is 39.1 Å². The predicted molar refractivity (Wildman–Crippen MR) is 298 cm³/mol. The van der Waals surface area contributed by atoms with E-state index < -0.39 is 61.4 Å². The zero-order valence-electron chi connectivity index (χ0n) is 45.1. The van der Waals surface area contributed by atoms with Gasteiger partial charge < -0.3 is 14.7 Å². The Kier molecular flexibility index (Phi) is 23.3. The van der Waals surface area contributed by atoms with E-state index in [4.69, 9.17) is 4.18 Å². The van der Waals surface area contributed by atoms with Crippen molar-refractivity contribution in [3.05, 3.63) is 127 Å². The van der Waals surface area contributed by atoms with Crippen molar-refractivity contribution >= 4 is 68.3 Å². The molecule has 8 rings (SSSR count). The summed E-state index contributed by atoms with van der Waals surface area (Å²) in [7, 11) is -12.8. The van der Waals surface area contributed by atoms with Gasteiger partial charge in [-0.1, -0.05) is 98.7 Å². The van der Waals surface area contributed by atoms with Crippen LogP contribution in [0.15, 0.2) is 125 Å². The van der Waals surface area contributed by atoms with Crippen molar-refractivity contribution in [1.29, 1.82) is 0 Å². The maximum absolute atomic E-state index is 12.8. The van der Waals surface area contributed by atoms with E-state index in [-0.39, 0.29) is 55.2 Å². The van der Waals surface area contributed by atoms with Crippen molar-refractivity contribution in [2.24, 2.45) is 0 Å². The summed E-state index contributed by atoms with van der Waals surface area (Å²) in [4.78, 5) is 11.3. The maximum atomic E-state index is 12.8. The number of halogens is 1. The van der Waals surface area contributed by atoms with Gasteiger partial charge in [-0.2, -0.15) is 21.3 Å². The van der Waals surface area contributed by atoms with Gasteiger partial charge in [0, 0.05) is 89.2 Å². The highest BCUT2D eigenvalue weighted by atomic mass is 35.7. The fourth-order valence-corrected chi connectivity index (χ4v) is 13.0. The third-order valence-electron chi connectivity index (χ3n) is 12.1. The molecule has 0 unspecified atom stereocenters. The number of rotatable bonds is 9. The molecule has 3 radical (unpaired) electrons. The number of β-amino-alcohol motifs (C(OH)–C–C–N with tert-alkyl or cyclic N) is 1. The summed E-state index contributed by atoms with van der Waals surface area (Å²) in [5, 5.41) is 9.45. The molecule has 3 atom stereocenters. The molecule has 0 aliphatic carbocycles. The van der Waals surface area contributed by atoms with Crippen LogP contribution in [-0.4, -0.2) is 152 Å². The SMILES string of the molecule is CC(C)(C)c1ccc(S(=O)(=O)N2CC[C@@H](n3ccnc3)C2)cc1.CC(C)(C)c1ccc(S(=O)(=O)N2CC[C@H](O)C2)cc1.CC(C)(C)c1ccc(S(=O)(=O)N2CC[C@H](OS(C)(=O)=O)C2)cc1.CS(=O)(=O)Cl.[B].c1c[nH]cn1. The van der Waals surface area contributed by atoms with Crippen LogP contribution in [0.25, 0.3) is 0 Å². The van der Waals surface area contributed by atoms with E-state index in [2.05, 4.69) is 87.9 Å². The third kappa shape index (κ3) is 20.3. The molecule has 3 fully saturated rings. The first-order valence-electron chi connectivity index (χ1n) is 24.1. The van der Waals surface area contributed by atoms with Crippen LogP contribution in [0.1, 0.15) is 104 Å². The minimum atomic E-state index is -3.63. The first-order valence-corrected chi connectivity index (χ1v) is 32.9. The molecule has 2 N–H and O–H groups in total. The minimum absolute atomic E-state index is 0. The second kappa shape index (κ2) is 26.8. The number of H-pyrrole nitrogens is 1. The molecule has 3 aromatic carbocycles. The number of aliphatic hydroxyl groups is 1. The second-order valence-electron chi connectivity index (χ2n) is 21.5. The standard InChI is InChI=1S/C17H23N3O2S.C15H23NO5S2.C14H21NO3S.C3H4N2.CH3ClO2S.B/c1-17(2,3)14-4-6-16(7-5-14)23(21,22)20-10-8-15(12-20)19-11-9-18-13-19;1-15(2,3)12-5-7-14(8-6-12)23(19,20)16-10-9-13(11-16)21-22(4,17)18;1-14(2,3)11-4-6-13(7-5-11)19(17,18)15-9-8-12(16)10-15;1-2-5-3-4-1;1-5(2,3)4;/h4-7,9,11,13,15H,8,10,12H2,1-3H3;5-8,13H,9-11H2,1-4H3;4-7,12,16H,8-10H2,1-3H3;1-3H,(H,4,5);1H3;/t15-;13-;12-;;;/m100.../s1. The summed E-state index contributed by atoms with van der Waals surface area (Å²) in [5.41, 5.74) is 3.26. The number of benzene rings is 3. The Morgan fingerprint density at radius 2 is 0.947 bits per heavy atom. The molecule has 3 saturated heterocycles. The Hall–Kier alpha value is -4.02. The number of aliphatic hydroxyl groups excluding tert-OH is 1. The number of aromatic nitrogens is 4. The summed E-state index contributed by atoms with van der Waals surface area (Å²) in [6.45, 7) is 20.7. The number of nitrogens with one attached hydrogen (secondary N) is 1. The summed E-state index contributed by atoms with van der Waals surface area (Å²) in [6, 6.07) is 21.3. The van der Waals surface area contributed by atoms with Crippen LogP contribution in [0.2, 0.25) is 0 Å². The molecule has 2 aromatic heterocycles. The highest BCUT2D eigenvalue weighted by Crippen LogP contribution is 2.31. The fraction of sp³-hybridized carbons (Fsp3) is 0.520. The van der Waals surface area contributed by atoms with Crippen LogP contribution < -0.4 is 0 Å². The second-order valence-corrected chi connectivity index (χ2v) is 31.9. The molecule has 19 nitrogen and oxygen atoms in total. The van der Waals surface area contributed by atoms with Crippen molar-refractivity contribution in [2.75, 3.05) is 51.8 Å². The molecule has 0 saturated carbocycles. The molecular formula is C50H74BClN7O12S5. The Morgan fingerprint density at radius 1 is 0.566 bits per heavy atom. The van der Waals surface area contributed by atoms with E-state index in [0.29, 0.717) is 42.3 Å². The Labute approximate surface area is 458 Å². The van der Waals surface area contributed by atoms with E-state index in [1.165, 1.54) is 8.61 Å². The van der Waals surface area contributed by atoms with Crippen LogP contribution in [-0.2, 0) is 69.7 Å². The van der Waals surface area contributed by atoms with E-state index in [1.807, 2.05) is 47.2 Å². The number of hydrogen-bond acceptors (Lipinski definition) is 14. The lowest BCUT2D eigenvalue weighted by molar-refractivity contribution is 0.189. The summed E-state index contributed by atoms with van der Waals surface area (Å²) in [5.74, 6) is 0. The van der Waals surface area contributed by atoms with Crippen molar-refractivity contribution < 1.29 is 51.4 Å². The third-order valence-corrected chi connectivity index (χ3v) is 18.4. The zero-order chi connectivity index (χ0) is 56.4. The van der Waals surface area contributed by atoms with Crippen LogP contribution in [0, 0.1) is 0 Å². The van der Waals surface area contributed by atoms with E-state index in [0.717, 1.165) is 35.6 Å². The van der Waals surface area contributed by atoms with Crippen molar-refractivity contribution in [2.45, 2.75) is 131 Å². The van der Waals surface area contributed by atoms with Gasteiger partial charge in [0.25, 0.3) is 10.1 Å². The molecule has 0 bridgehead atoms. The van der Waals surface area contributed by atoms with Crippen LogP contribution in [0.3, 0.4) is 0 Å². The summed E-state index contributed by atoms with van der Waals surface area (Å²) in [6.07, 6.45) is 12.9. The topological polar surface area (TPSA) is 256 Å². The van der Waals surface area contributed by atoms with Crippen LogP contribution in [0.4, 0.5) is 0 Å². The number of sulfonamides is 3. The maximum Gasteiger partial charge on any atom is 0.264 e. The van der Waals surface area contributed by atoms with Crippen molar-refractivity contribution in [3.8, 4) is 0 Å². The van der Waals surface area contributed by atoms with Gasteiger partial charge in [0.15, 0.2) is 0 Å². The summed E-state index contributed by atoms with van der Waals surface area (Å²) >= 11 is 0. The van der Waals surface area contributed by atoms with Gasteiger partial charge in [-0.25, -0.2) is 43.6 Å². The molecule has 76 heavy (non-hydrogen) atoms. The lowest BCUT2D eigenvalue weighted by atomic mass is 9.87. The number of imidazole rings is 2. The fourth-order valence-electron chi connectivity index (χ4n) is 7.87. The van der Waals surface area contributed by atoms with E-state index >= 15 is 0 Å². The van der Waals surface area contributed by atoms with Gasteiger partial charge in [-0.3, -0.25) is 4.18 Å². The van der Waals surface area contributed by atoms with E-state index in [1.54, 1.807) is 71.9 Å². The quantitative estimate of drug-likeness (QED) is 0.0909. The normalized spacial score (nSPS) is 19.1. The van der Waals surface area contributed by atoms with E-state index in [9.17, 15) is 47.2 Å². The van der Waals surface area contributed by atoms with Gasteiger partial charge in [-0.15, -0.1) is 0 Å². The minimum Gasteiger partial charge on any atom is -0.392 e. The monoisotopic (exact) mass is 1170 g/mol. The number of hydrogen-bond donors (Lipinski definition) is 2. The molecule has 26 heteroatoms. The van der Waals surface area contributed by atoms with Crippen LogP contribution >= 0.6 is 10.7 Å². The van der Waals surface area contributed by atoms with Gasteiger partial charge in [0.1, 0.15) is 0 Å². The Morgan fingerprint density at radius 3 is 1.25 bits per heavy atom. The molecule has 0 amide bonds. The van der Waals surface area contributed by atoms with Gasteiger partial charge >= 0.3 is 0 Å². The molecule has 421 valence electrons. The van der Waals surface area contributed by atoms with Gasteiger partial charge in [-0.05, 0) is 88.6 Å². The zero-order valence-corrected chi connectivity index (χ0v) is 49.9. The lowest BCUT2D eigenvalue weighted by Gasteiger charge is -2.21. The Balaban J connectivity index is 0.000000273. The number of aromatic amines is 1. The molecule has 0 spiro atoms. The predicted octanol–water partition coefficient (Wildman–Crippen LogP) is 6.49. The average Bonchev–Trinajstić information content (AvgIpc) is 4.16.